The van der Waals surface area contributed by atoms with Crippen molar-refractivity contribution < 1.29 is 28.6 Å². The molecule has 0 aliphatic carbocycles. The van der Waals surface area contributed by atoms with Crippen LogP contribution in [0.25, 0.3) is 0 Å². The molecule has 0 aliphatic rings. The van der Waals surface area contributed by atoms with E-state index in [1.54, 1.807) is 0 Å². The van der Waals surface area contributed by atoms with Crippen molar-refractivity contribution in [2.45, 2.75) is 240 Å². The molecule has 50 heavy (non-hydrogen) atoms. The van der Waals surface area contributed by atoms with Crippen molar-refractivity contribution >= 4 is 17.9 Å². The highest BCUT2D eigenvalue weighted by Gasteiger charge is 2.19. The minimum absolute atomic E-state index is 0.0661. The zero-order chi connectivity index (χ0) is 36.9. The van der Waals surface area contributed by atoms with Gasteiger partial charge in [-0.05, 0) is 31.1 Å². The van der Waals surface area contributed by atoms with Crippen LogP contribution in [-0.2, 0) is 28.6 Å². The van der Waals surface area contributed by atoms with Crippen LogP contribution in [-0.4, -0.2) is 37.2 Å². The van der Waals surface area contributed by atoms with Crippen molar-refractivity contribution in [3.05, 3.63) is 0 Å². The van der Waals surface area contributed by atoms with E-state index in [1.165, 1.54) is 122 Å². The van der Waals surface area contributed by atoms with Crippen LogP contribution in [0.2, 0.25) is 0 Å². The monoisotopic (exact) mass is 709 g/mol. The predicted octanol–water partition coefficient (Wildman–Crippen LogP) is 13.4. The fourth-order valence-electron chi connectivity index (χ4n) is 6.37. The average molecular weight is 709 g/mol. The molecule has 0 heterocycles. The van der Waals surface area contributed by atoms with Crippen molar-refractivity contribution in [3.8, 4) is 0 Å². The third kappa shape index (κ3) is 36.2. The Kier molecular flexibility index (Phi) is 36.0. The molecule has 0 bridgehead atoms. The van der Waals surface area contributed by atoms with Crippen LogP contribution in [0, 0.1) is 11.8 Å². The lowest BCUT2D eigenvalue weighted by Crippen LogP contribution is -2.30. The molecule has 0 amide bonds. The quantitative estimate of drug-likeness (QED) is 0.0361. The largest absolute Gasteiger partial charge is 0.462 e. The van der Waals surface area contributed by atoms with E-state index < -0.39 is 6.10 Å². The van der Waals surface area contributed by atoms with Gasteiger partial charge in [-0.15, -0.1) is 0 Å². The van der Waals surface area contributed by atoms with Gasteiger partial charge in [0.05, 0.1) is 0 Å². The van der Waals surface area contributed by atoms with Crippen LogP contribution in [0.5, 0.6) is 0 Å². The van der Waals surface area contributed by atoms with Gasteiger partial charge in [0.2, 0.25) is 0 Å². The molecule has 0 rings (SSSR count). The van der Waals surface area contributed by atoms with Crippen molar-refractivity contribution in [2.75, 3.05) is 13.2 Å². The van der Waals surface area contributed by atoms with E-state index in [0.717, 1.165) is 69.6 Å². The normalized spacial score (nSPS) is 12.6. The molecule has 0 aromatic carbocycles. The molecule has 1 unspecified atom stereocenters. The Bertz CT molecular complexity index is 766. The molecule has 0 spiro atoms. The van der Waals surface area contributed by atoms with Crippen molar-refractivity contribution in [3.63, 3.8) is 0 Å². The summed E-state index contributed by atoms with van der Waals surface area (Å²) in [6.45, 7) is 11.3. The highest BCUT2D eigenvalue weighted by Crippen LogP contribution is 2.16. The maximum absolute atomic E-state index is 12.7. The van der Waals surface area contributed by atoms with Gasteiger partial charge < -0.3 is 14.2 Å². The summed E-state index contributed by atoms with van der Waals surface area (Å²) in [5.74, 6) is 0.742. The molecule has 0 radical (unpaired) electrons. The molecule has 0 saturated heterocycles. The second-order valence-corrected chi connectivity index (χ2v) is 15.7. The number of hydrogen-bond donors (Lipinski definition) is 0. The average Bonchev–Trinajstić information content (AvgIpc) is 3.09. The number of carbonyl (C=O) groups excluding carboxylic acids is 3. The van der Waals surface area contributed by atoms with Gasteiger partial charge in [-0.2, -0.15) is 0 Å². The first-order valence-electron chi connectivity index (χ1n) is 21.8. The molecule has 0 aromatic rings. The number of hydrogen-bond acceptors (Lipinski definition) is 6. The van der Waals surface area contributed by atoms with E-state index in [2.05, 4.69) is 34.6 Å². The summed E-state index contributed by atoms with van der Waals surface area (Å²) in [7, 11) is 0. The Balaban J connectivity index is 4.36. The molecular weight excluding hydrogens is 624 g/mol. The molecule has 296 valence electrons. The number of esters is 3. The maximum atomic E-state index is 12.7. The van der Waals surface area contributed by atoms with Gasteiger partial charge in [0.15, 0.2) is 6.10 Å². The second-order valence-electron chi connectivity index (χ2n) is 15.7. The highest BCUT2D eigenvalue weighted by atomic mass is 16.6. The number of unbranched alkanes of at least 4 members (excludes halogenated alkanes) is 22. The van der Waals surface area contributed by atoms with Crippen LogP contribution in [0.1, 0.15) is 234 Å². The first kappa shape index (κ1) is 48.4. The third-order valence-corrected chi connectivity index (χ3v) is 10.1. The van der Waals surface area contributed by atoms with Crippen molar-refractivity contribution in [1.82, 2.24) is 0 Å². The Morgan fingerprint density at radius 1 is 0.420 bits per heavy atom. The standard InChI is InChI=1S/C44H84O6/c1-6-8-9-10-11-12-13-14-18-24-29-34-42(45)48-37-41(38-49-43(46)35-30-25-21-20-23-28-33-40(5)7-2)50-44(47)36-31-26-19-16-15-17-22-27-32-39(3)4/h39-41H,6-38H2,1-5H3/t40?,41-/m1/s1. The molecule has 0 N–H and O–H groups in total. The van der Waals surface area contributed by atoms with E-state index in [9.17, 15) is 14.4 Å². The first-order valence-corrected chi connectivity index (χ1v) is 21.8. The van der Waals surface area contributed by atoms with Gasteiger partial charge in [0.1, 0.15) is 13.2 Å². The predicted molar refractivity (Wildman–Crippen MR) is 210 cm³/mol. The Labute approximate surface area is 310 Å². The number of rotatable bonds is 38. The van der Waals surface area contributed by atoms with Gasteiger partial charge in [-0.25, -0.2) is 0 Å². The van der Waals surface area contributed by atoms with E-state index in [-0.39, 0.29) is 31.1 Å². The molecule has 2 atom stereocenters. The summed E-state index contributed by atoms with van der Waals surface area (Å²) in [6.07, 6.45) is 33.8. The summed E-state index contributed by atoms with van der Waals surface area (Å²) in [6, 6.07) is 0. The minimum Gasteiger partial charge on any atom is -0.462 e. The number of ether oxygens (including phenoxy) is 3. The lowest BCUT2D eigenvalue weighted by atomic mass is 10.00. The van der Waals surface area contributed by atoms with Gasteiger partial charge in [-0.1, -0.05) is 195 Å². The van der Waals surface area contributed by atoms with Crippen LogP contribution >= 0.6 is 0 Å². The fraction of sp³-hybridized carbons (Fsp3) is 0.932. The highest BCUT2D eigenvalue weighted by molar-refractivity contribution is 5.71. The summed E-state index contributed by atoms with van der Waals surface area (Å²) in [5.41, 5.74) is 0. The molecule has 6 nitrogen and oxygen atoms in total. The molecule has 0 aromatic heterocycles. The summed E-state index contributed by atoms with van der Waals surface area (Å²) < 4.78 is 16.7. The summed E-state index contributed by atoms with van der Waals surface area (Å²) in [4.78, 5) is 37.6. The third-order valence-electron chi connectivity index (χ3n) is 10.1. The van der Waals surface area contributed by atoms with Crippen LogP contribution in [0.3, 0.4) is 0 Å². The SMILES string of the molecule is CCCCCCCCCCCCCC(=O)OC[C@H](COC(=O)CCCCCCCCC(C)CC)OC(=O)CCCCCCCCCCC(C)C. The van der Waals surface area contributed by atoms with Crippen molar-refractivity contribution in [1.29, 1.82) is 0 Å². The Morgan fingerprint density at radius 2 is 0.760 bits per heavy atom. The van der Waals surface area contributed by atoms with Gasteiger partial charge in [0, 0.05) is 19.3 Å². The van der Waals surface area contributed by atoms with Crippen LogP contribution in [0.4, 0.5) is 0 Å². The lowest BCUT2D eigenvalue weighted by Gasteiger charge is -2.18. The van der Waals surface area contributed by atoms with E-state index in [0.29, 0.717) is 19.3 Å². The molecular formula is C44H84O6. The molecule has 0 saturated carbocycles. The van der Waals surface area contributed by atoms with Crippen LogP contribution < -0.4 is 0 Å². The van der Waals surface area contributed by atoms with Gasteiger partial charge in [-0.3, -0.25) is 14.4 Å². The summed E-state index contributed by atoms with van der Waals surface area (Å²) >= 11 is 0. The topological polar surface area (TPSA) is 78.9 Å². The lowest BCUT2D eigenvalue weighted by molar-refractivity contribution is -0.167. The second kappa shape index (κ2) is 37.2. The zero-order valence-electron chi connectivity index (χ0n) is 34.0. The van der Waals surface area contributed by atoms with Gasteiger partial charge >= 0.3 is 17.9 Å². The Morgan fingerprint density at radius 3 is 1.14 bits per heavy atom. The van der Waals surface area contributed by atoms with E-state index in [1.807, 2.05) is 0 Å². The molecule has 0 fully saturated rings. The minimum atomic E-state index is -0.760. The zero-order valence-corrected chi connectivity index (χ0v) is 34.0. The van der Waals surface area contributed by atoms with E-state index >= 15 is 0 Å². The molecule has 0 aliphatic heterocycles. The summed E-state index contributed by atoms with van der Waals surface area (Å²) in [5, 5.41) is 0. The molecule has 6 heteroatoms. The van der Waals surface area contributed by atoms with E-state index in [4.69, 9.17) is 14.2 Å². The van der Waals surface area contributed by atoms with Crippen molar-refractivity contribution in [2.24, 2.45) is 11.8 Å². The first-order chi connectivity index (χ1) is 24.3. The van der Waals surface area contributed by atoms with Crippen LogP contribution in [0.15, 0.2) is 0 Å². The number of carbonyl (C=O) groups is 3. The maximum Gasteiger partial charge on any atom is 0.306 e. The smallest absolute Gasteiger partial charge is 0.306 e. The fourth-order valence-corrected chi connectivity index (χ4v) is 6.37. The Hall–Kier alpha value is -1.59. The van der Waals surface area contributed by atoms with Gasteiger partial charge in [0.25, 0.3) is 0 Å².